The van der Waals surface area contributed by atoms with E-state index < -0.39 is 9.84 Å². The molecule has 0 aliphatic heterocycles. The molecule has 0 saturated carbocycles. The van der Waals surface area contributed by atoms with E-state index in [0.29, 0.717) is 11.4 Å². The molecule has 0 saturated heterocycles. The zero-order valence-electron chi connectivity index (χ0n) is 8.51. The van der Waals surface area contributed by atoms with Crippen molar-refractivity contribution >= 4 is 9.84 Å². The first-order valence-electron chi connectivity index (χ1n) is 4.47. The minimum Gasteiger partial charge on any atom is -0.481 e. The third kappa shape index (κ3) is 3.49. The third-order valence-corrected chi connectivity index (χ3v) is 3.46. The van der Waals surface area contributed by atoms with Crippen LogP contribution in [-0.2, 0) is 15.6 Å². The molecule has 0 amide bonds. The molecule has 0 aliphatic rings. The molecule has 0 atom stereocenters. The van der Waals surface area contributed by atoms with Crippen molar-refractivity contribution in [2.24, 2.45) is 5.73 Å². The Balaban J connectivity index is 2.89. The smallest absolute Gasteiger partial charge is 0.217 e. The van der Waals surface area contributed by atoms with Gasteiger partial charge in [-0.05, 0) is 6.07 Å². The van der Waals surface area contributed by atoms with Crippen molar-refractivity contribution < 1.29 is 13.2 Å². The second-order valence-corrected chi connectivity index (χ2v) is 5.24. The molecule has 0 radical (unpaired) electrons. The predicted octanol–water partition coefficient (Wildman–Crippen LogP) is -0.0363. The van der Waals surface area contributed by atoms with E-state index in [1.54, 1.807) is 18.3 Å². The minimum atomic E-state index is -3.16. The number of hydrogen-bond acceptors (Lipinski definition) is 5. The topological polar surface area (TPSA) is 82.3 Å². The number of ether oxygens (including phenoxy) is 1. The van der Waals surface area contributed by atoms with Gasteiger partial charge in [0.1, 0.15) is 0 Å². The van der Waals surface area contributed by atoms with Crippen LogP contribution >= 0.6 is 0 Å². The van der Waals surface area contributed by atoms with Crippen molar-refractivity contribution in [3.8, 4) is 5.88 Å². The molecule has 0 unspecified atom stereocenters. The summed E-state index contributed by atoms with van der Waals surface area (Å²) in [6, 6.07) is 3.36. The molecule has 84 valence electrons. The average Bonchev–Trinajstić information content (AvgIpc) is 2.17. The van der Waals surface area contributed by atoms with Gasteiger partial charge >= 0.3 is 0 Å². The van der Waals surface area contributed by atoms with Crippen LogP contribution in [0.4, 0.5) is 0 Å². The second kappa shape index (κ2) is 5.09. The Morgan fingerprint density at radius 3 is 2.87 bits per heavy atom. The molecule has 2 N–H and O–H groups in total. The largest absolute Gasteiger partial charge is 0.481 e. The van der Waals surface area contributed by atoms with Gasteiger partial charge in [-0.1, -0.05) is 6.07 Å². The molecule has 0 fully saturated rings. The van der Waals surface area contributed by atoms with E-state index in [2.05, 4.69) is 4.98 Å². The molecular weight excluding hydrogens is 216 g/mol. The molecule has 0 aliphatic carbocycles. The highest BCUT2D eigenvalue weighted by Crippen LogP contribution is 2.16. The van der Waals surface area contributed by atoms with E-state index in [-0.39, 0.29) is 18.1 Å². The summed E-state index contributed by atoms with van der Waals surface area (Å²) in [5.41, 5.74) is 5.78. The zero-order valence-corrected chi connectivity index (χ0v) is 9.33. The van der Waals surface area contributed by atoms with Gasteiger partial charge in [0.25, 0.3) is 0 Å². The van der Waals surface area contributed by atoms with Crippen LogP contribution in [-0.4, -0.2) is 32.8 Å². The molecule has 0 spiro atoms. The normalized spacial score (nSPS) is 11.3. The van der Waals surface area contributed by atoms with Gasteiger partial charge in [0.15, 0.2) is 9.84 Å². The van der Waals surface area contributed by atoms with Gasteiger partial charge < -0.3 is 10.5 Å². The maximum atomic E-state index is 11.5. The lowest BCUT2D eigenvalue weighted by molar-refractivity contribution is 0.394. The van der Waals surface area contributed by atoms with Crippen molar-refractivity contribution in [2.45, 2.75) is 5.75 Å². The summed E-state index contributed by atoms with van der Waals surface area (Å²) in [5, 5.41) is 0. The molecule has 0 bridgehead atoms. The molecule has 15 heavy (non-hydrogen) atoms. The van der Waals surface area contributed by atoms with Gasteiger partial charge in [0, 0.05) is 18.3 Å². The fourth-order valence-electron chi connectivity index (χ4n) is 1.21. The SMILES string of the molecule is COc1ncccc1CS(=O)(=O)CCN. The van der Waals surface area contributed by atoms with Gasteiger partial charge in [-0.25, -0.2) is 13.4 Å². The minimum absolute atomic E-state index is 0.0228. The van der Waals surface area contributed by atoms with Gasteiger partial charge in [0.05, 0.1) is 18.6 Å². The summed E-state index contributed by atoms with van der Waals surface area (Å²) in [4.78, 5) is 3.92. The first-order chi connectivity index (χ1) is 7.09. The zero-order chi connectivity index (χ0) is 11.3. The highest BCUT2D eigenvalue weighted by atomic mass is 32.2. The lowest BCUT2D eigenvalue weighted by Gasteiger charge is -2.06. The average molecular weight is 230 g/mol. The van der Waals surface area contributed by atoms with Crippen LogP contribution in [0.2, 0.25) is 0 Å². The lowest BCUT2D eigenvalue weighted by atomic mass is 10.3. The summed E-state index contributed by atoms with van der Waals surface area (Å²) in [6.07, 6.45) is 1.55. The first kappa shape index (κ1) is 11.9. The molecule has 1 rings (SSSR count). The van der Waals surface area contributed by atoms with E-state index in [1.165, 1.54) is 7.11 Å². The van der Waals surface area contributed by atoms with E-state index in [1.807, 2.05) is 0 Å². The monoisotopic (exact) mass is 230 g/mol. The fraction of sp³-hybridized carbons (Fsp3) is 0.444. The maximum absolute atomic E-state index is 11.5. The number of nitrogens with two attached hydrogens (primary N) is 1. The number of nitrogens with zero attached hydrogens (tertiary/aromatic N) is 1. The molecule has 5 nitrogen and oxygen atoms in total. The van der Waals surface area contributed by atoms with Crippen LogP contribution in [0, 0.1) is 0 Å². The number of rotatable bonds is 5. The maximum Gasteiger partial charge on any atom is 0.217 e. The number of aromatic nitrogens is 1. The van der Waals surface area contributed by atoms with Crippen molar-refractivity contribution in [2.75, 3.05) is 19.4 Å². The van der Waals surface area contributed by atoms with Crippen LogP contribution in [0.15, 0.2) is 18.3 Å². The fourth-order valence-corrected chi connectivity index (χ4v) is 2.40. The van der Waals surface area contributed by atoms with E-state index >= 15 is 0 Å². The Bertz CT molecular complexity index is 417. The molecule has 1 aromatic heterocycles. The van der Waals surface area contributed by atoms with Crippen LogP contribution in [0.25, 0.3) is 0 Å². The van der Waals surface area contributed by atoms with Gasteiger partial charge in [-0.15, -0.1) is 0 Å². The van der Waals surface area contributed by atoms with Crippen molar-refractivity contribution in [1.29, 1.82) is 0 Å². The van der Waals surface area contributed by atoms with Gasteiger partial charge in [-0.3, -0.25) is 0 Å². The lowest BCUT2D eigenvalue weighted by Crippen LogP contribution is -2.17. The first-order valence-corrected chi connectivity index (χ1v) is 6.29. The summed E-state index contributed by atoms with van der Waals surface area (Å²) in [5.74, 6) is 0.241. The van der Waals surface area contributed by atoms with Crippen molar-refractivity contribution in [3.63, 3.8) is 0 Å². The van der Waals surface area contributed by atoms with Crippen LogP contribution in [0.1, 0.15) is 5.56 Å². The predicted molar refractivity (Wildman–Crippen MR) is 57.3 cm³/mol. The Kier molecular flexibility index (Phi) is 4.05. The van der Waals surface area contributed by atoms with Gasteiger partial charge in [-0.2, -0.15) is 0 Å². The number of methoxy groups -OCH3 is 1. The quantitative estimate of drug-likeness (QED) is 0.767. The Morgan fingerprint density at radius 1 is 1.53 bits per heavy atom. The highest BCUT2D eigenvalue weighted by molar-refractivity contribution is 7.90. The molecule has 1 heterocycles. The Morgan fingerprint density at radius 2 is 2.27 bits per heavy atom. The summed E-state index contributed by atoms with van der Waals surface area (Å²) in [6.45, 7) is 0.130. The second-order valence-electron chi connectivity index (χ2n) is 3.05. The van der Waals surface area contributed by atoms with E-state index in [9.17, 15) is 8.42 Å². The molecule has 1 aromatic rings. The molecule has 6 heteroatoms. The standard InChI is InChI=1S/C9H14N2O3S/c1-14-9-8(3-2-5-11-9)7-15(12,13)6-4-10/h2-3,5H,4,6-7,10H2,1H3. The summed E-state index contributed by atoms with van der Waals surface area (Å²) < 4.78 is 28.0. The third-order valence-electron chi connectivity index (χ3n) is 1.85. The van der Waals surface area contributed by atoms with Crippen LogP contribution < -0.4 is 10.5 Å². The van der Waals surface area contributed by atoms with Gasteiger partial charge in [0.2, 0.25) is 5.88 Å². The van der Waals surface area contributed by atoms with Crippen LogP contribution in [0.3, 0.4) is 0 Å². The Hall–Kier alpha value is -1.14. The summed E-state index contributed by atoms with van der Waals surface area (Å²) in [7, 11) is -1.70. The van der Waals surface area contributed by atoms with E-state index in [4.69, 9.17) is 10.5 Å². The molecule has 0 aromatic carbocycles. The number of sulfone groups is 1. The Labute approximate surface area is 89.2 Å². The van der Waals surface area contributed by atoms with Crippen molar-refractivity contribution in [3.05, 3.63) is 23.9 Å². The highest BCUT2D eigenvalue weighted by Gasteiger charge is 2.14. The van der Waals surface area contributed by atoms with E-state index in [0.717, 1.165) is 0 Å². The van der Waals surface area contributed by atoms with Crippen LogP contribution in [0.5, 0.6) is 5.88 Å². The molecular formula is C9H14N2O3S. The number of pyridine rings is 1. The number of hydrogen-bond donors (Lipinski definition) is 1. The van der Waals surface area contributed by atoms with Crippen molar-refractivity contribution in [1.82, 2.24) is 4.98 Å². The summed E-state index contributed by atoms with van der Waals surface area (Å²) >= 11 is 0.